The van der Waals surface area contributed by atoms with Gasteiger partial charge in [-0.05, 0) is 0 Å². The van der Waals surface area contributed by atoms with Crippen LogP contribution in [0.1, 0.15) is 0 Å². The highest BCUT2D eigenvalue weighted by Crippen LogP contribution is 2.55. The van der Waals surface area contributed by atoms with E-state index >= 15 is 0 Å². The monoisotopic (exact) mass is 610 g/mol. The van der Waals surface area contributed by atoms with E-state index in [4.69, 9.17) is 0 Å². The van der Waals surface area contributed by atoms with Gasteiger partial charge in [0.25, 0.3) is 0 Å². The summed E-state index contributed by atoms with van der Waals surface area (Å²) in [4.78, 5) is 0. The highest BCUT2D eigenvalue weighted by molar-refractivity contribution is 5.18. The Kier molecular flexibility index (Phi) is 9.14. The van der Waals surface area contributed by atoms with E-state index in [1.807, 2.05) is 4.74 Å². The first-order valence-corrected chi connectivity index (χ1v) is 7.38. The molecule has 0 heterocycles. The number of rotatable bonds is 8. The Morgan fingerprint density at radius 2 is 0.595 bits per heavy atom. The first-order chi connectivity index (χ1) is 15.8. The Balaban J connectivity index is 7.07. The largest absolute Gasteiger partial charge is 0.525 e. The molecule has 25 heteroatoms. The van der Waals surface area contributed by atoms with Gasteiger partial charge in [0, 0.05) is 0 Å². The average Bonchev–Trinajstić information content (AvgIpc) is 2.61. The van der Waals surface area contributed by atoms with Gasteiger partial charge in [-0.3, -0.25) is 0 Å². The molecule has 0 N–H and O–H groups in total. The molecule has 0 aliphatic carbocycles. The van der Waals surface area contributed by atoms with E-state index in [1.54, 1.807) is 0 Å². The molecular weight excluding hydrogens is 610 g/mol. The topological polar surface area (TPSA) is 27.7 Å². The smallest absolute Gasteiger partial charge is 0.400 e. The van der Waals surface area contributed by atoms with Gasteiger partial charge in [-0.2, -0.15) is 70.2 Å². The van der Waals surface area contributed by atoms with Gasteiger partial charge >= 0.3 is 60.7 Å². The molecule has 0 fully saturated rings. The van der Waals surface area contributed by atoms with E-state index in [0.29, 0.717) is 0 Å². The number of hydrogen-bond donors (Lipinski definition) is 0. The molecule has 0 saturated heterocycles. The molecule has 0 aromatic rings. The highest BCUT2D eigenvalue weighted by Gasteiger charge is 2.79. The van der Waals surface area contributed by atoms with E-state index in [9.17, 15) is 96.6 Å². The minimum absolute atomic E-state index is 1.44. The Morgan fingerprint density at radius 1 is 0.378 bits per heavy atom. The summed E-state index contributed by atoms with van der Waals surface area (Å²) < 4.78 is 283. The molecule has 0 rings (SSSR count). The molecule has 0 bridgehead atoms. The first-order valence-electron chi connectivity index (χ1n) is 7.38. The van der Waals surface area contributed by atoms with Crippen molar-refractivity contribution in [2.45, 2.75) is 48.6 Å². The second-order valence-corrected chi connectivity index (χ2v) is 5.71. The molecule has 0 aromatic carbocycles. The Morgan fingerprint density at radius 3 is 0.757 bits per heavy atom. The number of halogens is 22. The minimum Gasteiger partial charge on any atom is -0.400 e. The van der Waals surface area contributed by atoms with Gasteiger partial charge in [0.05, 0.1) is 0 Å². The quantitative estimate of drug-likeness (QED) is 0.206. The third-order valence-corrected chi connectivity index (χ3v) is 3.12. The van der Waals surface area contributed by atoms with Crippen molar-refractivity contribution in [2.24, 2.45) is 0 Å². The van der Waals surface area contributed by atoms with Gasteiger partial charge in [0.1, 0.15) is 0 Å². The van der Waals surface area contributed by atoms with Crippen molar-refractivity contribution in [3.05, 3.63) is 23.7 Å². The Bertz CT molecular complexity index is 817. The molecule has 0 aromatic heterocycles. The molecular formula is C12F22O3. The fraction of sp³-hybridized carbons (Fsp3) is 0.667. The molecule has 0 radical (unpaired) electrons. The van der Waals surface area contributed by atoms with Crippen molar-refractivity contribution in [3.63, 3.8) is 0 Å². The number of ether oxygens (including phenoxy) is 3. The van der Waals surface area contributed by atoms with Crippen LogP contribution >= 0.6 is 0 Å². The lowest BCUT2D eigenvalue weighted by atomic mass is 10.1. The van der Waals surface area contributed by atoms with Gasteiger partial charge in [-0.15, -0.1) is 26.3 Å². The number of alkyl halides is 18. The maximum Gasteiger partial charge on any atom is 0.525 e. The molecule has 2 atom stereocenters. The molecule has 220 valence electrons. The third kappa shape index (κ3) is 6.95. The Hall–Kier alpha value is -2.34. The molecule has 2 unspecified atom stereocenters. The summed E-state index contributed by atoms with van der Waals surface area (Å²) >= 11 is 0. The predicted octanol–water partition coefficient (Wildman–Crippen LogP) is 8.02. The van der Waals surface area contributed by atoms with Crippen LogP contribution in [-0.4, -0.2) is 48.6 Å². The van der Waals surface area contributed by atoms with Crippen LogP contribution in [-0.2, 0) is 14.2 Å². The van der Waals surface area contributed by atoms with Crippen molar-refractivity contribution in [1.29, 1.82) is 0 Å². The minimum atomic E-state index is -7.88. The van der Waals surface area contributed by atoms with Crippen LogP contribution in [0.25, 0.3) is 0 Å². The maximum atomic E-state index is 13.7. The zero-order chi connectivity index (χ0) is 30.4. The van der Waals surface area contributed by atoms with E-state index < -0.39 is 72.3 Å². The number of hydrogen-bond acceptors (Lipinski definition) is 3. The zero-order valence-electron chi connectivity index (χ0n) is 15.5. The lowest BCUT2D eigenvalue weighted by Crippen LogP contribution is -2.58. The molecule has 0 aliphatic rings. The first kappa shape index (κ1) is 34.7. The predicted molar refractivity (Wildman–Crippen MR) is 63.5 cm³/mol. The second kappa shape index (κ2) is 9.76. The SMILES string of the molecule is FC(OC(F)=C(F)C(F)(OC(F)(F)F)C(F)(F)C(F)(F)F)=C(F)C(F)(OC(F)(F)F)C(F)(F)C(F)(F)F. The summed E-state index contributed by atoms with van der Waals surface area (Å²) in [5.74, 6) is -41.0. The average molecular weight is 610 g/mol. The van der Waals surface area contributed by atoms with Crippen molar-refractivity contribution in [3.8, 4) is 0 Å². The van der Waals surface area contributed by atoms with E-state index in [2.05, 4.69) is 0 Å². The van der Waals surface area contributed by atoms with E-state index in [0.717, 1.165) is 0 Å². The third-order valence-electron chi connectivity index (χ3n) is 3.12. The van der Waals surface area contributed by atoms with Crippen LogP contribution in [0.4, 0.5) is 96.6 Å². The van der Waals surface area contributed by atoms with E-state index in [1.165, 1.54) is 9.47 Å². The van der Waals surface area contributed by atoms with Crippen LogP contribution < -0.4 is 0 Å². The van der Waals surface area contributed by atoms with Gasteiger partial charge < -0.3 is 4.74 Å². The van der Waals surface area contributed by atoms with Crippen molar-refractivity contribution in [2.75, 3.05) is 0 Å². The maximum absolute atomic E-state index is 13.7. The highest BCUT2D eigenvalue weighted by atomic mass is 19.4. The summed E-state index contributed by atoms with van der Waals surface area (Å²) in [6.45, 7) is 0. The molecule has 0 spiro atoms. The van der Waals surface area contributed by atoms with Gasteiger partial charge in [-0.25, -0.2) is 9.47 Å². The Labute approximate surface area is 184 Å². The molecule has 3 nitrogen and oxygen atoms in total. The standard InChI is InChI=1S/C12F22O3/c13-1(5(17,36-11(29,30)31)7(19,20)9(23,24)25)3(15)35-4(16)2(14)6(18,37-12(32,33)34)8(21,22)10(26,27)28. The van der Waals surface area contributed by atoms with Crippen LogP contribution in [0, 0.1) is 0 Å². The molecule has 0 aliphatic heterocycles. The van der Waals surface area contributed by atoms with Gasteiger partial charge in [-0.1, -0.05) is 0 Å². The molecule has 0 saturated carbocycles. The summed E-state index contributed by atoms with van der Waals surface area (Å²) in [6.07, 6.45) is -29.7. The van der Waals surface area contributed by atoms with Crippen molar-refractivity contribution in [1.82, 2.24) is 0 Å². The van der Waals surface area contributed by atoms with Crippen LogP contribution in [0.3, 0.4) is 0 Å². The van der Waals surface area contributed by atoms with Crippen LogP contribution in [0.15, 0.2) is 23.7 Å². The normalized spacial score (nSPS) is 19.5. The lowest BCUT2D eigenvalue weighted by Gasteiger charge is -2.33. The van der Waals surface area contributed by atoms with Crippen LogP contribution in [0.5, 0.6) is 0 Å². The molecule has 37 heavy (non-hydrogen) atoms. The van der Waals surface area contributed by atoms with Crippen molar-refractivity contribution >= 4 is 0 Å². The van der Waals surface area contributed by atoms with E-state index in [-0.39, 0.29) is 0 Å². The summed E-state index contributed by atoms with van der Waals surface area (Å²) in [5.41, 5.74) is 0. The summed E-state index contributed by atoms with van der Waals surface area (Å²) in [7, 11) is 0. The van der Waals surface area contributed by atoms with Gasteiger partial charge in [0.15, 0.2) is 0 Å². The lowest BCUT2D eigenvalue weighted by molar-refractivity contribution is -0.453. The fourth-order valence-corrected chi connectivity index (χ4v) is 1.60. The fourth-order valence-electron chi connectivity index (χ4n) is 1.60. The van der Waals surface area contributed by atoms with Crippen molar-refractivity contribution < 1.29 is 111 Å². The van der Waals surface area contributed by atoms with Crippen LogP contribution in [0.2, 0.25) is 0 Å². The van der Waals surface area contributed by atoms with Gasteiger partial charge in [0.2, 0.25) is 11.7 Å². The zero-order valence-corrected chi connectivity index (χ0v) is 15.5. The summed E-state index contributed by atoms with van der Waals surface area (Å²) in [5, 5.41) is 0. The summed E-state index contributed by atoms with van der Waals surface area (Å²) in [6, 6.07) is -9.46. The second-order valence-electron chi connectivity index (χ2n) is 5.71. The molecule has 0 amide bonds.